The summed E-state index contributed by atoms with van der Waals surface area (Å²) in [7, 11) is 0. The second-order valence-corrected chi connectivity index (χ2v) is 5.89. The lowest BCUT2D eigenvalue weighted by atomic mass is 10.1. The highest BCUT2D eigenvalue weighted by Gasteiger charge is 2.05. The number of hydrogen-bond acceptors (Lipinski definition) is 1. The minimum Gasteiger partial charge on any atom is -0.303 e. The van der Waals surface area contributed by atoms with Crippen LogP contribution in [-0.4, -0.2) is 24.5 Å². The molecule has 0 aromatic heterocycles. The second-order valence-electron chi connectivity index (χ2n) is 5.45. The highest BCUT2D eigenvalue weighted by atomic mass is 35.5. The van der Waals surface area contributed by atoms with Gasteiger partial charge in [0, 0.05) is 18.1 Å². The Morgan fingerprint density at radius 3 is 1.90 bits per heavy atom. The monoisotopic (exact) mass is 301 g/mol. The van der Waals surface area contributed by atoms with E-state index in [1.54, 1.807) is 0 Å². The van der Waals surface area contributed by atoms with Gasteiger partial charge in [-0.1, -0.05) is 61.0 Å². The third-order valence-corrected chi connectivity index (χ3v) is 3.98. The number of hydrogen-bond donors (Lipinski definition) is 0. The summed E-state index contributed by atoms with van der Waals surface area (Å²) in [5, 5.41) is 0.813. The Hall–Kier alpha value is -1.31. The van der Waals surface area contributed by atoms with Crippen LogP contribution in [0.1, 0.15) is 24.5 Å². The van der Waals surface area contributed by atoms with E-state index in [9.17, 15) is 0 Å². The van der Waals surface area contributed by atoms with E-state index in [4.69, 9.17) is 11.6 Å². The normalized spacial score (nSPS) is 11.0. The van der Waals surface area contributed by atoms with E-state index in [1.807, 2.05) is 12.1 Å². The third kappa shape index (κ3) is 5.91. The molecule has 0 N–H and O–H groups in total. The quantitative estimate of drug-likeness (QED) is 0.674. The maximum absolute atomic E-state index is 5.93. The molecular formula is C19H24ClN. The molecular weight excluding hydrogens is 278 g/mol. The van der Waals surface area contributed by atoms with Gasteiger partial charge < -0.3 is 4.90 Å². The molecule has 0 spiro atoms. The first kappa shape index (κ1) is 16.1. The number of benzene rings is 2. The summed E-state index contributed by atoms with van der Waals surface area (Å²) in [6.45, 7) is 5.66. The van der Waals surface area contributed by atoms with E-state index in [0.29, 0.717) is 0 Å². The van der Waals surface area contributed by atoms with Gasteiger partial charge in [-0.2, -0.15) is 0 Å². The summed E-state index contributed by atoms with van der Waals surface area (Å²) in [6, 6.07) is 18.9. The molecule has 2 rings (SSSR count). The zero-order valence-electron chi connectivity index (χ0n) is 12.8. The molecule has 2 aromatic carbocycles. The first-order valence-electron chi connectivity index (χ1n) is 7.78. The molecule has 2 aromatic rings. The molecule has 112 valence electrons. The number of halogens is 1. The van der Waals surface area contributed by atoms with Crippen LogP contribution in [0.25, 0.3) is 0 Å². The van der Waals surface area contributed by atoms with Crippen molar-refractivity contribution in [3.05, 3.63) is 70.7 Å². The summed E-state index contributed by atoms with van der Waals surface area (Å²) in [5.41, 5.74) is 2.78. The second kappa shape index (κ2) is 8.86. The minimum absolute atomic E-state index is 0.813. The Bertz CT molecular complexity index is 507. The van der Waals surface area contributed by atoms with Gasteiger partial charge in [-0.25, -0.2) is 0 Å². The van der Waals surface area contributed by atoms with E-state index in [1.165, 1.54) is 24.1 Å². The van der Waals surface area contributed by atoms with Crippen molar-refractivity contribution in [1.82, 2.24) is 4.90 Å². The Kier molecular flexibility index (Phi) is 6.78. The summed E-state index contributed by atoms with van der Waals surface area (Å²) in [4.78, 5) is 2.56. The lowest BCUT2D eigenvalue weighted by Crippen LogP contribution is -2.29. The first-order valence-corrected chi connectivity index (χ1v) is 8.16. The average molecular weight is 302 g/mol. The first-order chi connectivity index (χ1) is 10.3. The van der Waals surface area contributed by atoms with E-state index >= 15 is 0 Å². The zero-order chi connectivity index (χ0) is 14.9. The van der Waals surface area contributed by atoms with Crippen molar-refractivity contribution in [2.24, 2.45) is 0 Å². The highest BCUT2D eigenvalue weighted by molar-refractivity contribution is 6.30. The molecule has 0 unspecified atom stereocenters. The van der Waals surface area contributed by atoms with Gasteiger partial charge in [-0.15, -0.1) is 0 Å². The van der Waals surface area contributed by atoms with Crippen LogP contribution in [0.15, 0.2) is 54.6 Å². The van der Waals surface area contributed by atoms with Gasteiger partial charge in [0.2, 0.25) is 0 Å². The summed E-state index contributed by atoms with van der Waals surface area (Å²) in [6.07, 6.45) is 3.42. The van der Waals surface area contributed by atoms with Gasteiger partial charge in [0.1, 0.15) is 0 Å². The SMILES string of the molecule is CCCN(CCc1ccccc1)CCc1ccc(Cl)cc1. The molecule has 0 heterocycles. The molecule has 0 aliphatic heterocycles. The van der Waals surface area contributed by atoms with E-state index in [2.05, 4.69) is 54.3 Å². The molecule has 21 heavy (non-hydrogen) atoms. The fourth-order valence-electron chi connectivity index (χ4n) is 2.52. The standard InChI is InChI=1S/C19H24ClN/c1-2-14-21(15-12-17-6-4-3-5-7-17)16-13-18-8-10-19(20)11-9-18/h3-11H,2,12-16H2,1H3. The molecule has 0 radical (unpaired) electrons. The fourth-order valence-corrected chi connectivity index (χ4v) is 2.65. The van der Waals surface area contributed by atoms with Crippen LogP contribution in [0, 0.1) is 0 Å². The lowest BCUT2D eigenvalue weighted by Gasteiger charge is -2.21. The van der Waals surface area contributed by atoms with Crippen molar-refractivity contribution in [1.29, 1.82) is 0 Å². The molecule has 1 nitrogen and oxygen atoms in total. The molecule has 0 saturated heterocycles. The van der Waals surface area contributed by atoms with Crippen molar-refractivity contribution in [2.75, 3.05) is 19.6 Å². The molecule has 2 heteroatoms. The predicted molar refractivity (Wildman–Crippen MR) is 92.0 cm³/mol. The van der Waals surface area contributed by atoms with E-state index in [0.717, 1.165) is 31.0 Å². The van der Waals surface area contributed by atoms with Gasteiger partial charge in [-0.3, -0.25) is 0 Å². The van der Waals surface area contributed by atoms with Gasteiger partial charge >= 0.3 is 0 Å². The maximum Gasteiger partial charge on any atom is 0.0406 e. The summed E-state index contributed by atoms with van der Waals surface area (Å²) in [5.74, 6) is 0. The highest BCUT2D eigenvalue weighted by Crippen LogP contribution is 2.11. The Morgan fingerprint density at radius 1 is 0.762 bits per heavy atom. The molecule has 0 bridgehead atoms. The van der Waals surface area contributed by atoms with Crippen molar-refractivity contribution in [2.45, 2.75) is 26.2 Å². The van der Waals surface area contributed by atoms with Crippen LogP contribution < -0.4 is 0 Å². The molecule has 0 aliphatic rings. The van der Waals surface area contributed by atoms with Crippen LogP contribution in [-0.2, 0) is 12.8 Å². The van der Waals surface area contributed by atoms with Crippen molar-refractivity contribution >= 4 is 11.6 Å². The Morgan fingerprint density at radius 2 is 1.33 bits per heavy atom. The van der Waals surface area contributed by atoms with E-state index in [-0.39, 0.29) is 0 Å². The minimum atomic E-state index is 0.813. The smallest absolute Gasteiger partial charge is 0.0406 e. The summed E-state index contributed by atoms with van der Waals surface area (Å²) < 4.78 is 0. The number of rotatable bonds is 8. The van der Waals surface area contributed by atoms with Crippen LogP contribution in [0.5, 0.6) is 0 Å². The van der Waals surface area contributed by atoms with E-state index < -0.39 is 0 Å². The molecule has 0 aliphatic carbocycles. The summed E-state index contributed by atoms with van der Waals surface area (Å²) >= 11 is 5.93. The zero-order valence-corrected chi connectivity index (χ0v) is 13.5. The Balaban J connectivity index is 1.82. The average Bonchev–Trinajstić information content (AvgIpc) is 2.52. The largest absolute Gasteiger partial charge is 0.303 e. The lowest BCUT2D eigenvalue weighted by molar-refractivity contribution is 0.281. The van der Waals surface area contributed by atoms with Crippen molar-refractivity contribution < 1.29 is 0 Å². The molecule has 0 amide bonds. The van der Waals surface area contributed by atoms with Crippen molar-refractivity contribution in [3.63, 3.8) is 0 Å². The van der Waals surface area contributed by atoms with Crippen LogP contribution in [0.4, 0.5) is 0 Å². The third-order valence-electron chi connectivity index (χ3n) is 3.73. The van der Waals surface area contributed by atoms with Gasteiger partial charge in [0.15, 0.2) is 0 Å². The molecule has 0 fully saturated rings. The van der Waals surface area contributed by atoms with Gasteiger partial charge in [0.25, 0.3) is 0 Å². The molecule has 0 saturated carbocycles. The van der Waals surface area contributed by atoms with Crippen molar-refractivity contribution in [3.8, 4) is 0 Å². The van der Waals surface area contributed by atoms with Crippen LogP contribution in [0.3, 0.4) is 0 Å². The molecule has 0 atom stereocenters. The fraction of sp³-hybridized carbons (Fsp3) is 0.368. The predicted octanol–water partition coefficient (Wildman–Crippen LogP) is 4.84. The van der Waals surface area contributed by atoms with Crippen LogP contribution in [0.2, 0.25) is 5.02 Å². The number of nitrogens with zero attached hydrogens (tertiary/aromatic N) is 1. The van der Waals surface area contributed by atoms with Gasteiger partial charge in [0.05, 0.1) is 0 Å². The maximum atomic E-state index is 5.93. The van der Waals surface area contributed by atoms with Gasteiger partial charge in [-0.05, 0) is 49.1 Å². The van der Waals surface area contributed by atoms with Crippen LogP contribution >= 0.6 is 11.6 Å². The topological polar surface area (TPSA) is 3.24 Å². The Labute approximate surface area is 133 Å².